The van der Waals surface area contributed by atoms with Gasteiger partial charge in [0.05, 0.1) is 0 Å². The fourth-order valence-electron chi connectivity index (χ4n) is 5.66. The van der Waals surface area contributed by atoms with Gasteiger partial charge in [-0.15, -0.1) is 0 Å². The monoisotopic (exact) mass is 602 g/mol. The van der Waals surface area contributed by atoms with Gasteiger partial charge in [-0.1, -0.05) is 119 Å². The van der Waals surface area contributed by atoms with Gasteiger partial charge in [0.2, 0.25) is 0 Å². The van der Waals surface area contributed by atoms with Crippen LogP contribution in [0.5, 0.6) is 17.2 Å². The van der Waals surface area contributed by atoms with E-state index in [2.05, 4.69) is 126 Å². The molecular weight excluding hydrogens is 551 g/mol. The summed E-state index contributed by atoms with van der Waals surface area (Å²) in [6, 6.07) is 15.0. The summed E-state index contributed by atoms with van der Waals surface area (Å²) in [4.78, 5) is 13.4. The van der Waals surface area contributed by atoms with E-state index in [4.69, 9.17) is 13.8 Å². The summed E-state index contributed by atoms with van der Waals surface area (Å²) >= 11 is 0. The summed E-state index contributed by atoms with van der Waals surface area (Å²) in [5.74, 6) is 1.65. The topological polar surface area (TPSA) is 44.8 Å². The lowest BCUT2D eigenvalue weighted by atomic mass is 9.77. The van der Waals surface area contributed by atoms with Crippen molar-refractivity contribution >= 4 is 15.0 Å². The Labute approximate surface area is 261 Å². The van der Waals surface area contributed by atoms with Crippen molar-refractivity contribution in [3.05, 3.63) is 87.0 Å². The van der Waals surface area contributed by atoms with Crippen LogP contribution in [-0.2, 0) is 26.5 Å². The van der Waals surface area contributed by atoms with E-state index in [0.29, 0.717) is 5.75 Å². The van der Waals surface area contributed by atoms with Crippen molar-refractivity contribution in [1.29, 1.82) is 0 Å². The smallest absolute Gasteiger partial charge is 0.323 e. The van der Waals surface area contributed by atoms with E-state index in [1.807, 2.05) is 13.8 Å². The minimum atomic E-state index is -0.473. The molecule has 2 unspecified atom stereocenters. The van der Waals surface area contributed by atoms with Crippen LogP contribution in [0.3, 0.4) is 0 Å². The molecule has 0 saturated carbocycles. The summed E-state index contributed by atoms with van der Waals surface area (Å²) in [6.45, 7) is 30.5. The number of aryl methyl sites for hydroxylation is 2. The minimum absolute atomic E-state index is 0.0577. The number of ether oxygens (including phenoxy) is 1. The maximum absolute atomic E-state index is 13.4. The second-order valence-corrected chi connectivity index (χ2v) is 16.9. The molecule has 0 aromatic heterocycles. The first-order valence-electron chi connectivity index (χ1n) is 15.3. The average Bonchev–Trinajstić information content (AvgIpc) is 3.18. The van der Waals surface area contributed by atoms with E-state index in [1.165, 1.54) is 16.7 Å². The highest BCUT2D eigenvalue weighted by Crippen LogP contribution is 2.48. The maximum Gasteiger partial charge on any atom is 0.323 e. The molecule has 3 aromatic carbocycles. The van der Waals surface area contributed by atoms with Gasteiger partial charge in [-0.2, -0.15) is 0 Å². The fourth-order valence-corrected chi connectivity index (χ4v) is 6.38. The number of rotatable bonds is 5. The van der Waals surface area contributed by atoms with E-state index >= 15 is 0 Å². The molecule has 0 saturated heterocycles. The summed E-state index contributed by atoms with van der Waals surface area (Å²) in [6.07, 6.45) is 0. The lowest BCUT2D eigenvalue weighted by Crippen LogP contribution is -2.17. The average molecular weight is 603 g/mol. The Morgan fingerprint density at radius 3 is 1.70 bits per heavy atom. The number of carbonyl (C=O) groups excluding carboxylic acids is 1. The molecule has 4 nitrogen and oxygen atoms in total. The Bertz CT molecular complexity index is 1520. The third-order valence-corrected chi connectivity index (χ3v) is 8.90. The molecule has 4 rings (SSSR count). The number of fused-ring (bicyclic) bond motifs is 1. The predicted octanol–water partition coefficient (Wildman–Crippen LogP) is 10.5. The van der Waals surface area contributed by atoms with Gasteiger partial charge in [0, 0.05) is 16.7 Å². The molecule has 1 aliphatic rings. The zero-order valence-corrected chi connectivity index (χ0v) is 29.8. The lowest BCUT2D eigenvalue weighted by molar-refractivity contribution is -0.133. The Morgan fingerprint density at radius 1 is 0.651 bits per heavy atom. The van der Waals surface area contributed by atoms with Gasteiger partial charge in [0.25, 0.3) is 9.03 Å². The molecule has 1 aliphatic heterocycles. The summed E-state index contributed by atoms with van der Waals surface area (Å²) < 4.78 is 18.5. The number of esters is 1. The molecule has 5 heteroatoms. The summed E-state index contributed by atoms with van der Waals surface area (Å²) in [5, 5.41) is 0. The van der Waals surface area contributed by atoms with Crippen LogP contribution in [0.25, 0.3) is 0 Å². The molecule has 0 N–H and O–H groups in total. The van der Waals surface area contributed by atoms with Crippen molar-refractivity contribution in [2.45, 2.75) is 125 Å². The van der Waals surface area contributed by atoms with Crippen LogP contribution in [0.15, 0.2) is 42.5 Å². The van der Waals surface area contributed by atoms with Crippen molar-refractivity contribution in [2.75, 3.05) is 0 Å². The molecule has 2 atom stereocenters. The summed E-state index contributed by atoms with van der Waals surface area (Å²) in [7, 11) is -0.200. The van der Waals surface area contributed by atoms with E-state index < -0.39 is 5.92 Å². The van der Waals surface area contributed by atoms with Crippen molar-refractivity contribution < 1.29 is 18.6 Å². The molecule has 0 amide bonds. The van der Waals surface area contributed by atoms with E-state index in [9.17, 15) is 4.79 Å². The Morgan fingerprint density at radius 2 is 1.19 bits per heavy atom. The first-order valence-corrected chi connectivity index (χ1v) is 16.2. The SMILES string of the molecule is Cc1cc(C2C(=O)Oc3c2cc(C(C)(C)C)cc3C(C)(C)C)cc(C)c1OPOc1ccc(C(C)(C)C)cc1C(C)(C)C. The zero-order chi connectivity index (χ0) is 32.3. The van der Waals surface area contributed by atoms with Gasteiger partial charge < -0.3 is 13.8 Å². The molecule has 0 aliphatic carbocycles. The van der Waals surface area contributed by atoms with Gasteiger partial charge in [0.1, 0.15) is 23.2 Å². The highest BCUT2D eigenvalue weighted by Gasteiger charge is 2.40. The van der Waals surface area contributed by atoms with Crippen molar-refractivity contribution in [2.24, 2.45) is 0 Å². The third-order valence-electron chi connectivity index (χ3n) is 8.31. The minimum Gasteiger partial charge on any atom is -0.440 e. The Kier molecular flexibility index (Phi) is 8.66. The van der Waals surface area contributed by atoms with Crippen LogP contribution in [0.1, 0.15) is 134 Å². The first-order chi connectivity index (χ1) is 19.6. The van der Waals surface area contributed by atoms with Gasteiger partial charge in [0.15, 0.2) is 0 Å². The van der Waals surface area contributed by atoms with Crippen LogP contribution in [0.2, 0.25) is 0 Å². The third kappa shape index (κ3) is 6.96. The van der Waals surface area contributed by atoms with Crippen LogP contribution < -0.4 is 13.8 Å². The second kappa shape index (κ2) is 11.3. The molecule has 0 fully saturated rings. The molecule has 43 heavy (non-hydrogen) atoms. The molecule has 0 bridgehead atoms. The van der Waals surface area contributed by atoms with Gasteiger partial charge in [-0.25, -0.2) is 0 Å². The molecule has 0 spiro atoms. The quantitative estimate of drug-likeness (QED) is 0.166. The number of hydrogen-bond donors (Lipinski definition) is 0. The van der Waals surface area contributed by atoms with Crippen LogP contribution >= 0.6 is 9.03 Å². The largest absolute Gasteiger partial charge is 0.440 e. The summed E-state index contributed by atoms with van der Waals surface area (Å²) in [5.41, 5.74) is 8.31. The van der Waals surface area contributed by atoms with Crippen molar-refractivity contribution in [1.82, 2.24) is 0 Å². The number of hydrogen-bond acceptors (Lipinski definition) is 4. The van der Waals surface area contributed by atoms with Gasteiger partial charge in [-0.3, -0.25) is 4.79 Å². The Hall–Kier alpha value is -2.84. The Balaban J connectivity index is 1.64. The molecule has 1 heterocycles. The van der Waals surface area contributed by atoms with Gasteiger partial charge >= 0.3 is 5.97 Å². The van der Waals surface area contributed by atoms with E-state index in [0.717, 1.165) is 39.3 Å². The zero-order valence-electron chi connectivity index (χ0n) is 28.8. The number of carbonyl (C=O) groups is 1. The highest BCUT2D eigenvalue weighted by atomic mass is 31.1. The highest BCUT2D eigenvalue weighted by molar-refractivity contribution is 7.27. The van der Waals surface area contributed by atoms with Gasteiger partial charge in [-0.05, 0) is 69.4 Å². The molecule has 0 radical (unpaired) electrons. The molecular formula is C38H51O4P. The van der Waals surface area contributed by atoms with E-state index in [-0.39, 0.29) is 36.7 Å². The number of benzene rings is 3. The van der Waals surface area contributed by atoms with E-state index in [1.54, 1.807) is 0 Å². The lowest BCUT2D eigenvalue weighted by Gasteiger charge is -2.27. The fraction of sp³-hybridized carbons (Fsp3) is 0.500. The van der Waals surface area contributed by atoms with Crippen LogP contribution in [0.4, 0.5) is 0 Å². The second-order valence-electron chi connectivity index (χ2n) is 16.3. The van der Waals surface area contributed by atoms with Crippen molar-refractivity contribution in [3.8, 4) is 17.2 Å². The normalized spacial score (nSPS) is 16.0. The standard InChI is InChI=1S/C38H51O4P/c1-22-17-24(31-27-19-26(36(6,7)8)21-29(38(12,13)14)33(27)40-34(31)39)18-23(2)32(22)42-43-41-30-16-15-25(35(3,4)5)20-28(30)37(9,10)11/h15-21,31,43H,1-14H3. The first kappa shape index (κ1) is 33.1. The van der Waals surface area contributed by atoms with Crippen LogP contribution in [0, 0.1) is 13.8 Å². The molecule has 232 valence electrons. The van der Waals surface area contributed by atoms with Crippen LogP contribution in [-0.4, -0.2) is 5.97 Å². The van der Waals surface area contributed by atoms with Crippen molar-refractivity contribution in [3.63, 3.8) is 0 Å². The molecule has 3 aromatic rings. The maximum atomic E-state index is 13.4. The predicted molar refractivity (Wildman–Crippen MR) is 181 cm³/mol.